The molecule has 0 aliphatic rings. The van der Waals surface area contributed by atoms with Gasteiger partial charge in [0.1, 0.15) is 5.76 Å². The predicted molar refractivity (Wildman–Crippen MR) is 66.1 cm³/mol. The second-order valence-corrected chi connectivity index (χ2v) is 5.76. The van der Waals surface area contributed by atoms with E-state index in [0.29, 0.717) is 0 Å². The highest BCUT2D eigenvalue weighted by atomic mass is 79.9. The fourth-order valence-electron chi connectivity index (χ4n) is 1.32. The van der Waals surface area contributed by atoms with Gasteiger partial charge in [0.15, 0.2) is 0 Å². The molecule has 0 aromatic carbocycles. The predicted octanol–water partition coefficient (Wildman–Crippen LogP) is 3.44. The van der Waals surface area contributed by atoms with Gasteiger partial charge in [0, 0.05) is 11.4 Å². The summed E-state index contributed by atoms with van der Waals surface area (Å²) in [7, 11) is 0. The lowest BCUT2D eigenvalue weighted by Gasteiger charge is -2.00. The number of rotatable bonds is 5. The number of hydrogen-bond acceptors (Lipinski definition) is 3. The molecule has 0 atom stereocenters. The molecule has 0 aliphatic carbocycles. The van der Waals surface area contributed by atoms with Crippen LogP contribution in [0.2, 0.25) is 0 Å². The van der Waals surface area contributed by atoms with E-state index in [2.05, 4.69) is 33.4 Å². The van der Waals surface area contributed by atoms with Crippen molar-refractivity contribution in [2.24, 2.45) is 0 Å². The quantitative estimate of drug-likeness (QED) is 0.852. The van der Waals surface area contributed by atoms with Gasteiger partial charge < -0.3 is 9.73 Å². The first-order chi connectivity index (χ1) is 7.34. The maximum Gasteiger partial charge on any atom is 0.117 e. The molecule has 15 heavy (non-hydrogen) atoms. The van der Waals surface area contributed by atoms with E-state index in [0.717, 1.165) is 25.3 Å². The van der Waals surface area contributed by atoms with Gasteiger partial charge in [-0.25, -0.2) is 0 Å². The molecule has 0 saturated heterocycles. The first-order valence-corrected chi connectivity index (χ1v) is 6.43. The van der Waals surface area contributed by atoms with Crippen molar-refractivity contribution in [1.82, 2.24) is 5.32 Å². The third-order valence-corrected chi connectivity index (χ3v) is 3.74. The van der Waals surface area contributed by atoms with E-state index >= 15 is 0 Å². The molecule has 2 aromatic rings. The van der Waals surface area contributed by atoms with Crippen molar-refractivity contribution in [3.63, 3.8) is 0 Å². The van der Waals surface area contributed by atoms with Gasteiger partial charge in [-0.3, -0.25) is 0 Å². The Morgan fingerprint density at radius 3 is 2.93 bits per heavy atom. The lowest BCUT2D eigenvalue weighted by molar-refractivity contribution is 0.484. The monoisotopic (exact) mass is 285 g/mol. The van der Waals surface area contributed by atoms with E-state index in [9.17, 15) is 0 Å². The van der Waals surface area contributed by atoms with Gasteiger partial charge in [0.25, 0.3) is 0 Å². The van der Waals surface area contributed by atoms with Crippen molar-refractivity contribution in [1.29, 1.82) is 0 Å². The van der Waals surface area contributed by atoms with Crippen LogP contribution in [0.1, 0.15) is 10.6 Å². The first-order valence-electron chi connectivity index (χ1n) is 4.82. The van der Waals surface area contributed by atoms with Crippen molar-refractivity contribution in [2.75, 3.05) is 6.54 Å². The minimum Gasteiger partial charge on any atom is -0.468 e. The smallest absolute Gasteiger partial charge is 0.117 e. The van der Waals surface area contributed by atoms with E-state index in [-0.39, 0.29) is 0 Å². The van der Waals surface area contributed by atoms with Gasteiger partial charge in [-0.05, 0) is 46.6 Å². The Balaban J connectivity index is 1.67. The Labute approximate surface area is 101 Å². The highest BCUT2D eigenvalue weighted by Gasteiger charge is 1.98. The maximum absolute atomic E-state index is 5.22. The fourth-order valence-corrected chi connectivity index (χ4v) is 2.81. The molecule has 0 bridgehead atoms. The topological polar surface area (TPSA) is 25.2 Å². The number of hydrogen-bond donors (Lipinski definition) is 1. The summed E-state index contributed by atoms with van der Waals surface area (Å²) in [5.41, 5.74) is 0. The van der Waals surface area contributed by atoms with Crippen LogP contribution in [0.4, 0.5) is 0 Å². The summed E-state index contributed by atoms with van der Waals surface area (Å²) < 4.78 is 6.42. The van der Waals surface area contributed by atoms with Crippen LogP contribution in [-0.4, -0.2) is 6.54 Å². The van der Waals surface area contributed by atoms with Gasteiger partial charge in [0.05, 0.1) is 16.6 Å². The van der Waals surface area contributed by atoms with E-state index < -0.39 is 0 Å². The first kappa shape index (κ1) is 10.9. The van der Waals surface area contributed by atoms with Crippen LogP contribution in [0.25, 0.3) is 0 Å². The third kappa shape index (κ3) is 3.48. The number of nitrogens with one attached hydrogen (secondary N) is 1. The Morgan fingerprint density at radius 2 is 2.27 bits per heavy atom. The molecule has 2 heterocycles. The largest absolute Gasteiger partial charge is 0.468 e. The van der Waals surface area contributed by atoms with Gasteiger partial charge in [-0.15, -0.1) is 11.3 Å². The van der Waals surface area contributed by atoms with Crippen molar-refractivity contribution < 1.29 is 4.42 Å². The zero-order valence-electron chi connectivity index (χ0n) is 8.20. The Kier molecular flexibility index (Phi) is 4.00. The molecule has 0 unspecified atom stereocenters. The second kappa shape index (κ2) is 5.49. The Morgan fingerprint density at radius 1 is 1.33 bits per heavy atom. The molecule has 1 N–H and O–H groups in total. The van der Waals surface area contributed by atoms with Crippen LogP contribution in [0.5, 0.6) is 0 Å². The van der Waals surface area contributed by atoms with E-state index in [4.69, 9.17) is 4.42 Å². The zero-order valence-corrected chi connectivity index (χ0v) is 10.6. The Hall–Kier alpha value is -0.580. The van der Waals surface area contributed by atoms with Gasteiger partial charge >= 0.3 is 0 Å². The molecule has 2 rings (SSSR count). The molecule has 0 spiro atoms. The summed E-state index contributed by atoms with van der Waals surface area (Å²) in [6.45, 7) is 1.78. The molecular weight excluding hydrogens is 274 g/mol. The number of halogens is 1. The summed E-state index contributed by atoms with van der Waals surface area (Å²) in [5.74, 6) is 0.988. The molecule has 2 aromatic heterocycles. The molecule has 0 amide bonds. The van der Waals surface area contributed by atoms with Crippen LogP contribution >= 0.6 is 27.3 Å². The Bertz CT molecular complexity index is 396. The number of furan rings is 1. The summed E-state index contributed by atoms with van der Waals surface area (Å²) in [6.07, 6.45) is 2.77. The van der Waals surface area contributed by atoms with Gasteiger partial charge in [0.2, 0.25) is 0 Å². The van der Waals surface area contributed by atoms with Crippen molar-refractivity contribution in [3.8, 4) is 0 Å². The molecule has 0 aliphatic heterocycles. The lowest BCUT2D eigenvalue weighted by atomic mass is 10.3. The minimum atomic E-state index is 0.805. The van der Waals surface area contributed by atoms with E-state index in [1.54, 1.807) is 17.6 Å². The lowest BCUT2D eigenvalue weighted by Crippen LogP contribution is -2.15. The molecule has 2 nitrogen and oxygen atoms in total. The molecule has 80 valence electrons. The molecule has 0 fully saturated rings. The van der Waals surface area contributed by atoms with Crippen LogP contribution in [0, 0.1) is 0 Å². The summed E-state index contributed by atoms with van der Waals surface area (Å²) in [6, 6.07) is 8.14. The average Bonchev–Trinajstić information content (AvgIpc) is 2.84. The van der Waals surface area contributed by atoms with E-state index in [1.807, 2.05) is 12.1 Å². The van der Waals surface area contributed by atoms with Crippen LogP contribution in [0.15, 0.2) is 38.7 Å². The minimum absolute atomic E-state index is 0.805. The van der Waals surface area contributed by atoms with Crippen molar-refractivity contribution in [2.45, 2.75) is 13.0 Å². The zero-order chi connectivity index (χ0) is 10.5. The highest BCUT2D eigenvalue weighted by Crippen LogP contribution is 2.22. The van der Waals surface area contributed by atoms with Crippen molar-refractivity contribution >= 4 is 27.3 Å². The second-order valence-electron chi connectivity index (χ2n) is 3.21. The summed E-state index contributed by atoms with van der Waals surface area (Å²) in [5, 5.41) is 3.34. The molecule has 0 radical (unpaired) electrons. The SMILES string of the molecule is Brc1ccc(CCNCc2ccco2)s1. The van der Waals surface area contributed by atoms with E-state index in [1.165, 1.54) is 8.66 Å². The van der Waals surface area contributed by atoms with Crippen LogP contribution < -0.4 is 5.32 Å². The highest BCUT2D eigenvalue weighted by molar-refractivity contribution is 9.11. The third-order valence-electron chi connectivity index (χ3n) is 2.06. The van der Waals surface area contributed by atoms with Gasteiger partial charge in [-0.2, -0.15) is 0 Å². The van der Waals surface area contributed by atoms with Crippen LogP contribution in [-0.2, 0) is 13.0 Å². The standard InChI is InChI=1S/C11H12BrNOS/c12-11-4-3-10(15-11)5-6-13-8-9-2-1-7-14-9/h1-4,7,13H,5-6,8H2. The molecule has 0 saturated carbocycles. The summed E-state index contributed by atoms with van der Waals surface area (Å²) >= 11 is 5.24. The average molecular weight is 286 g/mol. The van der Waals surface area contributed by atoms with Crippen molar-refractivity contribution in [3.05, 3.63) is 45.0 Å². The fraction of sp³-hybridized carbons (Fsp3) is 0.273. The van der Waals surface area contributed by atoms with Crippen LogP contribution in [0.3, 0.4) is 0 Å². The number of thiophene rings is 1. The van der Waals surface area contributed by atoms with Gasteiger partial charge in [-0.1, -0.05) is 0 Å². The normalized spacial score (nSPS) is 10.7. The molecular formula is C11H12BrNOS. The summed E-state index contributed by atoms with van der Waals surface area (Å²) in [4.78, 5) is 1.40. The molecule has 4 heteroatoms. The maximum atomic E-state index is 5.22.